The lowest BCUT2D eigenvalue weighted by Gasteiger charge is -2.13. The SMILES string of the molecule is OC(Cc1ccc(F)cc1F)c1cccc(F)c1Cl. The second-order valence-electron chi connectivity index (χ2n) is 4.10. The van der Waals surface area contributed by atoms with Crippen LogP contribution in [0.4, 0.5) is 13.2 Å². The number of aliphatic hydroxyl groups excluding tert-OH is 1. The highest BCUT2D eigenvalue weighted by Gasteiger charge is 2.16. The molecule has 1 unspecified atom stereocenters. The molecule has 0 aliphatic heterocycles. The molecule has 0 saturated heterocycles. The summed E-state index contributed by atoms with van der Waals surface area (Å²) in [6.07, 6.45) is -1.28. The van der Waals surface area contributed by atoms with Gasteiger partial charge in [0.1, 0.15) is 17.5 Å². The zero-order valence-corrected chi connectivity index (χ0v) is 10.5. The van der Waals surface area contributed by atoms with Crippen LogP contribution in [0.3, 0.4) is 0 Å². The third kappa shape index (κ3) is 3.08. The maximum Gasteiger partial charge on any atom is 0.142 e. The minimum absolute atomic E-state index is 0.116. The number of halogens is 4. The van der Waals surface area contributed by atoms with E-state index < -0.39 is 23.6 Å². The standard InChI is InChI=1S/C14H10ClF3O/c15-14-10(2-1-3-11(14)17)13(19)6-8-4-5-9(16)7-12(8)18/h1-5,7,13,19H,6H2. The number of hydrogen-bond acceptors (Lipinski definition) is 1. The molecular formula is C14H10ClF3O. The van der Waals surface area contributed by atoms with E-state index in [4.69, 9.17) is 11.6 Å². The van der Waals surface area contributed by atoms with E-state index >= 15 is 0 Å². The van der Waals surface area contributed by atoms with Gasteiger partial charge in [0.15, 0.2) is 0 Å². The van der Waals surface area contributed by atoms with Gasteiger partial charge in [-0.1, -0.05) is 29.8 Å². The van der Waals surface area contributed by atoms with Crippen LogP contribution in [0.5, 0.6) is 0 Å². The predicted octanol–water partition coefficient (Wildman–Crippen LogP) is 4.03. The second-order valence-corrected chi connectivity index (χ2v) is 4.48. The van der Waals surface area contributed by atoms with Crippen molar-refractivity contribution in [3.63, 3.8) is 0 Å². The maximum atomic E-state index is 13.4. The fourth-order valence-corrected chi connectivity index (χ4v) is 2.04. The van der Waals surface area contributed by atoms with Crippen molar-refractivity contribution in [3.05, 3.63) is 70.0 Å². The number of aliphatic hydroxyl groups is 1. The Morgan fingerprint density at radius 1 is 1.05 bits per heavy atom. The molecule has 2 aromatic rings. The zero-order chi connectivity index (χ0) is 14.0. The first-order chi connectivity index (χ1) is 8.99. The van der Waals surface area contributed by atoms with Gasteiger partial charge < -0.3 is 5.11 Å². The molecule has 0 saturated carbocycles. The molecule has 100 valence electrons. The molecule has 0 amide bonds. The summed E-state index contributed by atoms with van der Waals surface area (Å²) in [6.45, 7) is 0. The third-order valence-corrected chi connectivity index (χ3v) is 3.17. The van der Waals surface area contributed by atoms with Gasteiger partial charge in [0.05, 0.1) is 11.1 Å². The maximum absolute atomic E-state index is 13.4. The van der Waals surface area contributed by atoms with Crippen molar-refractivity contribution in [2.75, 3.05) is 0 Å². The highest BCUT2D eigenvalue weighted by atomic mass is 35.5. The Labute approximate surface area is 113 Å². The van der Waals surface area contributed by atoms with Crippen LogP contribution in [0.25, 0.3) is 0 Å². The van der Waals surface area contributed by atoms with Crippen LogP contribution in [0.2, 0.25) is 5.02 Å². The predicted molar refractivity (Wildman–Crippen MR) is 66.4 cm³/mol. The second kappa shape index (κ2) is 5.63. The molecule has 0 aliphatic rings. The highest BCUT2D eigenvalue weighted by molar-refractivity contribution is 6.31. The molecule has 0 aromatic heterocycles. The first-order valence-electron chi connectivity index (χ1n) is 5.55. The van der Waals surface area contributed by atoms with Gasteiger partial charge >= 0.3 is 0 Å². The Kier molecular flexibility index (Phi) is 4.12. The summed E-state index contributed by atoms with van der Waals surface area (Å²) in [5, 5.41) is 9.76. The molecule has 1 nitrogen and oxygen atoms in total. The Morgan fingerprint density at radius 2 is 1.79 bits per heavy atom. The largest absolute Gasteiger partial charge is 0.388 e. The van der Waals surface area contributed by atoms with E-state index in [0.29, 0.717) is 0 Å². The smallest absolute Gasteiger partial charge is 0.142 e. The van der Waals surface area contributed by atoms with E-state index in [-0.39, 0.29) is 22.6 Å². The Bertz CT molecular complexity index is 601. The van der Waals surface area contributed by atoms with Gasteiger partial charge in [-0.2, -0.15) is 0 Å². The van der Waals surface area contributed by atoms with Gasteiger partial charge in [-0.15, -0.1) is 0 Å². The van der Waals surface area contributed by atoms with E-state index in [9.17, 15) is 18.3 Å². The third-order valence-electron chi connectivity index (χ3n) is 2.77. The Hall–Kier alpha value is -1.52. The van der Waals surface area contributed by atoms with Crippen molar-refractivity contribution < 1.29 is 18.3 Å². The minimum atomic E-state index is -1.16. The van der Waals surface area contributed by atoms with Crippen LogP contribution in [-0.2, 0) is 6.42 Å². The van der Waals surface area contributed by atoms with Crippen LogP contribution >= 0.6 is 11.6 Å². The highest BCUT2D eigenvalue weighted by Crippen LogP contribution is 2.28. The molecule has 1 atom stereocenters. The van der Waals surface area contributed by atoms with Gasteiger partial charge in [0.25, 0.3) is 0 Å². The number of hydrogen-bond donors (Lipinski definition) is 1. The fraction of sp³-hybridized carbons (Fsp3) is 0.143. The summed E-state index contributed by atoms with van der Waals surface area (Å²) in [6, 6.07) is 7.09. The van der Waals surface area contributed by atoms with Crippen LogP contribution in [0.15, 0.2) is 36.4 Å². The average molecular weight is 287 g/mol. The monoisotopic (exact) mass is 286 g/mol. The van der Waals surface area contributed by atoms with E-state index in [2.05, 4.69) is 0 Å². The zero-order valence-electron chi connectivity index (χ0n) is 9.71. The van der Waals surface area contributed by atoms with E-state index in [1.165, 1.54) is 18.2 Å². The first-order valence-corrected chi connectivity index (χ1v) is 5.92. The summed E-state index contributed by atoms with van der Waals surface area (Å²) in [5.41, 5.74) is 0.305. The lowest BCUT2D eigenvalue weighted by atomic mass is 10.0. The molecule has 0 heterocycles. The molecule has 1 N–H and O–H groups in total. The molecular weight excluding hydrogens is 277 g/mol. The first kappa shape index (κ1) is 13.9. The van der Waals surface area contributed by atoms with Crippen LogP contribution < -0.4 is 0 Å². The lowest BCUT2D eigenvalue weighted by Crippen LogP contribution is -2.05. The van der Waals surface area contributed by atoms with Gasteiger partial charge in [-0.05, 0) is 17.7 Å². The summed E-state index contributed by atoms with van der Waals surface area (Å²) < 4.78 is 39.4. The molecule has 2 rings (SSSR count). The summed E-state index contributed by atoms with van der Waals surface area (Å²) in [4.78, 5) is 0. The van der Waals surface area contributed by atoms with Crippen molar-refractivity contribution in [1.82, 2.24) is 0 Å². The van der Waals surface area contributed by atoms with Gasteiger partial charge in [-0.25, -0.2) is 13.2 Å². The van der Waals surface area contributed by atoms with E-state index in [1.54, 1.807) is 0 Å². The topological polar surface area (TPSA) is 20.2 Å². The van der Waals surface area contributed by atoms with Crippen molar-refractivity contribution in [1.29, 1.82) is 0 Å². The lowest BCUT2D eigenvalue weighted by molar-refractivity contribution is 0.176. The molecule has 19 heavy (non-hydrogen) atoms. The van der Waals surface area contributed by atoms with Crippen molar-refractivity contribution in [3.8, 4) is 0 Å². The van der Waals surface area contributed by atoms with Crippen molar-refractivity contribution >= 4 is 11.6 Å². The minimum Gasteiger partial charge on any atom is -0.388 e. The van der Waals surface area contributed by atoms with Crippen molar-refractivity contribution in [2.45, 2.75) is 12.5 Å². The van der Waals surface area contributed by atoms with Crippen LogP contribution in [0.1, 0.15) is 17.2 Å². The average Bonchev–Trinajstić information content (AvgIpc) is 2.36. The number of benzene rings is 2. The quantitative estimate of drug-likeness (QED) is 0.903. The number of rotatable bonds is 3. The Balaban J connectivity index is 2.25. The summed E-state index contributed by atoms with van der Waals surface area (Å²) in [5.74, 6) is -2.11. The van der Waals surface area contributed by atoms with Gasteiger partial charge in [0, 0.05) is 18.1 Å². The fourth-order valence-electron chi connectivity index (χ4n) is 1.78. The molecule has 0 spiro atoms. The molecule has 0 fully saturated rings. The van der Waals surface area contributed by atoms with Crippen LogP contribution in [-0.4, -0.2) is 5.11 Å². The van der Waals surface area contributed by atoms with Gasteiger partial charge in [0.2, 0.25) is 0 Å². The normalized spacial score (nSPS) is 12.5. The molecule has 2 aromatic carbocycles. The summed E-state index contributed by atoms with van der Waals surface area (Å²) >= 11 is 5.73. The van der Waals surface area contributed by atoms with E-state index in [1.807, 2.05) is 0 Å². The Morgan fingerprint density at radius 3 is 2.47 bits per heavy atom. The molecule has 0 aliphatic carbocycles. The van der Waals surface area contributed by atoms with Gasteiger partial charge in [-0.3, -0.25) is 0 Å². The molecule has 0 radical (unpaired) electrons. The summed E-state index contributed by atoms with van der Waals surface area (Å²) in [7, 11) is 0. The molecule has 0 bridgehead atoms. The van der Waals surface area contributed by atoms with Crippen molar-refractivity contribution in [2.24, 2.45) is 0 Å². The van der Waals surface area contributed by atoms with Crippen LogP contribution in [0, 0.1) is 17.5 Å². The van der Waals surface area contributed by atoms with E-state index in [0.717, 1.165) is 18.2 Å². The molecule has 5 heteroatoms.